The van der Waals surface area contributed by atoms with E-state index >= 15 is 0 Å². The first-order valence-electron chi connectivity index (χ1n) is 10.7. The van der Waals surface area contributed by atoms with Crippen LogP contribution in [-0.4, -0.2) is 71.0 Å². The van der Waals surface area contributed by atoms with Crippen molar-refractivity contribution in [3.8, 4) is 0 Å². The van der Waals surface area contributed by atoms with Gasteiger partial charge in [0.05, 0.1) is 19.2 Å². The molecule has 3 rings (SSSR count). The van der Waals surface area contributed by atoms with Crippen LogP contribution < -0.4 is 21.6 Å². The summed E-state index contributed by atoms with van der Waals surface area (Å²) in [5.41, 5.74) is 5.87. The Kier molecular flexibility index (Phi) is 6.98. The molecular formula is C19H30N6O6. The Labute approximate surface area is 180 Å². The largest absolute Gasteiger partial charge is 0.449 e. The van der Waals surface area contributed by atoms with Crippen molar-refractivity contribution in [2.75, 3.05) is 19.7 Å². The predicted octanol–water partition coefficient (Wildman–Crippen LogP) is -0.240. The second-order valence-corrected chi connectivity index (χ2v) is 8.33. The van der Waals surface area contributed by atoms with Crippen LogP contribution >= 0.6 is 0 Å². The molecule has 1 aliphatic carbocycles. The van der Waals surface area contributed by atoms with Crippen molar-refractivity contribution in [3.05, 3.63) is 0 Å². The van der Waals surface area contributed by atoms with Gasteiger partial charge in [0, 0.05) is 0 Å². The van der Waals surface area contributed by atoms with Crippen LogP contribution in [0.4, 0.5) is 9.59 Å². The molecule has 0 radical (unpaired) electrons. The van der Waals surface area contributed by atoms with E-state index in [4.69, 9.17) is 0 Å². The fourth-order valence-corrected chi connectivity index (χ4v) is 4.34. The molecule has 4 N–H and O–H groups in total. The summed E-state index contributed by atoms with van der Waals surface area (Å²) in [5.74, 6) is -0.978. The Morgan fingerprint density at radius 2 is 1.87 bits per heavy atom. The second-order valence-electron chi connectivity index (χ2n) is 8.33. The fraction of sp³-hybridized carbons (Fsp3) is 0.737. The van der Waals surface area contributed by atoms with Crippen LogP contribution in [0.15, 0.2) is 0 Å². The van der Waals surface area contributed by atoms with Gasteiger partial charge in [-0.25, -0.2) is 15.0 Å². The highest BCUT2D eigenvalue weighted by Gasteiger charge is 2.53. The average molecular weight is 438 g/mol. The molecule has 3 fully saturated rings. The maximum absolute atomic E-state index is 12.8. The molecule has 172 valence electrons. The van der Waals surface area contributed by atoms with Gasteiger partial charge in [-0.15, -0.1) is 0 Å². The van der Waals surface area contributed by atoms with Gasteiger partial charge >= 0.3 is 12.1 Å². The zero-order valence-corrected chi connectivity index (χ0v) is 17.9. The number of imide groups is 1. The van der Waals surface area contributed by atoms with E-state index in [0.717, 1.165) is 17.9 Å². The number of ether oxygens (including phenoxy) is 1. The number of hydrogen-bond donors (Lipinski definition) is 4. The third kappa shape index (κ3) is 5.06. The number of nitrogens with one attached hydrogen (secondary N) is 4. The summed E-state index contributed by atoms with van der Waals surface area (Å²) in [4.78, 5) is 63.0. The lowest BCUT2D eigenvalue weighted by Crippen LogP contribution is -2.55. The highest BCUT2D eigenvalue weighted by molar-refractivity contribution is 6.08. The van der Waals surface area contributed by atoms with Crippen LogP contribution in [0.5, 0.6) is 0 Å². The standard InChI is InChI=1S/C19H30N6O6/c1-3-31-18(30)22-21-15(27)13-5-4-10-24(13)11-14(26)23-25-16(28)19(20-17(25)29)8-6-12(2)7-9-19/h12-13H,3-11H2,1-2H3,(H,20,29)(H,21,27)(H,22,30)(H,23,26). The van der Waals surface area contributed by atoms with Gasteiger partial charge in [-0.2, -0.15) is 5.01 Å². The normalized spacial score (nSPS) is 28.4. The van der Waals surface area contributed by atoms with Gasteiger partial charge in [-0.3, -0.25) is 30.1 Å². The molecule has 3 aliphatic rings. The molecule has 2 saturated heterocycles. The van der Waals surface area contributed by atoms with Crippen molar-refractivity contribution in [2.45, 2.75) is 64.0 Å². The molecule has 12 nitrogen and oxygen atoms in total. The molecule has 1 spiro atoms. The number of likely N-dealkylation sites (tertiary alicyclic amines) is 1. The highest BCUT2D eigenvalue weighted by atomic mass is 16.6. The average Bonchev–Trinajstić information content (AvgIpc) is 3.27. The number of carbonyl (C=O) groups excluding carboxylic acids is 5. The zero-order chi connectivity index (χ0) is 22.6. The molecule has 1 saturated carbocycles. The van der Waals surface area contributed by atoms with Crippen molar-refractivity contribution < 1.29 is 28.7 Å². The maximum Gasteiger partial charge on any atom is 0.426 e. The Morgan fingerprint density at radius 3 is 2.55 bits per heavy atom. The summed E-state index contributed by atoms with van der Waals surface area (Å²) >= 11 is 0. The number of carbonyl (C=O) groups is 5. The van der Waals surface area contributed by atoms with E-state index in [2.05, 4.69) is 33.3 Å². The van der Waals surface area contributed by atoms with E-state index in [9.17, 15) is 24.0 Å². The van der Waals surface area contributed by atoms with Gasteiger partial charge in [0.25, 0.3) is 17.7 Å². The van der Waals surface area contributed by atoms with Crippen molar-refractivity contribution in [1.29, 1.82) is 0 Å². The number of hydrazine groups is 2. The Balaban J connectivity index is 1.52. The molecule has 2 heterocycles. The van der Waals surface area contributed by atoms with Crippen LogP contribution in [0.3, 0.4) is 0 Å². The molecular weight excluding hydrogens is 408 g/mol. The first kappa shape index (κ1) is 22.8. The first-order chi connectivity index (χ1) is 14.8. The second kappa shape index (κ2) is 9.50. The minimum Gasteiger partial charge on any atom is -0.449 e. The molecule has 6 amide bonds. The predicted molar refractivity (Wildman–Crippen MR) is 107 cm³/mol. The SMILES string of the molecule is CCOC(=O)NNC(=O)C1CCCN1CC(=O)NN1C(=O)NC2(CCC(C)CC2)C1=O. The quantitative estimate of drug-likeness (QED) is 0.342. The van der Waals surface area contributed by atoms with Gasteiger partial charge in [0.2, 0.25) is 0 Å². The Morgan fingerprint density at radius 1 is 1.16 bits per heavy atom. The minimum absolute atomic E-state index is 0.167. The van der Waals surface area contributed by atoms with Crippen LogP contribution in [0.1, 0.15) is 52.4 Å². The van der Waals surface area contributed by atoms with Gasteiger partial charge < -0.3 is 10.1 Å². The van der Waals surface area contributed by atoms with E-state index in [0.29, 0.717) is 38.1 Å². The van der Waals surface area contributed by atoms with Crippen molar-refractivity contribution in [3.63, 3.8) is 0 Å². The van der Waals surface area contributed by atoms with Crippen LogP contribution in [0, 0.1) is 5.92 Å². The lowest BCUT2D eigenvalue weighted by molar-refractivity contribution is -0.141. The van der Waals surface area contributed by atoms with Gasteiger partial charge in [0.15, 0.2) is 0 Å². The molecule has 1 unspecified atom stereocenters. The van der Waals surface area contributed by atoms with E-state index in [1.807, 2.05) is 0 Å². The van der Waals surface area contributed by atoms with Gasteiger partial charge in [-0.1, -0.05) is 6.92 Å². The minimum atomic E-state index is -0.939. The zero-order valence-electron chi connectivity index (χ0n) is 17.9. The molecule has 2 aliphatic heterocycles. The van der Waals surface area contributed by atoms with E-state index in [1.54, 1.807) is 11.8 Å². The Hall–Kier alpha value is -2.89. The van der Waals surface area contributed by atoms with Crippen LogP contribution in [0.2, 0.25) is 0 Å². The fourth-order valence-electron chi connectivity index (χ4n) is 4.34. The molecule has 0 aromatic heterocycles. The number of rotatable bonds is 5. The summed E-state index contributed by atoms with van der Waals surface area (Å²) in [6.45, 7) is 4.24. The summed E-state index contributed by atoms with van der Waals surface area (Å²) < 4.78 is 4.68. The smallest absolute Gasteiger partial charge is 0.426 e. The monoisotopic (exact) mass is 438 g/mol. The summed E-state index contributed by atoms with van der Waals surface area (Å²) in [7, 11) is 0. The van der Waals surface area contributed by atoms with E-state index in [1.165, 1.54) is 0 Å². The number of urea groups is 1. The molecule has 1 atom stereocenters. The first-order valence-corrected chi connectivity index (χ1v) is 10.7. The number of amides is 6. The Bertz CT molecular complexity index is 750. The maximum atomic E-state index is 12.8. The van der Waals surface area contributed by atoms with E-state index in [-0.39, 0.29) is 13.2 Å². The topological polar surface area (TPSA) is 149 Å². The third-order valence-corrected chi connectivity index (χ3v) is 6.10. The van der Waals surface area contributed by atoms with Crippen LogP contribution in [0.25, 0.3) is 0 Å². The van der Waals surface area contributed by atoms with Gasteiger partial charge in [0.1, 0.15) is 5.54 Å². The summed E-state index contributed by atoms with van der Waals surface area (Å²) in [6, 6.07) is -1.26. The van der Waals surface area contributed by atoms with Crippen molar-refractivity contribution >= 4 is 29.8 Å². The molecule has 31 heavy (non-hydrogen) atoms. The molecule has 0 bridgehead atoms. The molecule has 0 aromatic carbocycles. The summed E-state index contributed by atoms with van der Waals surface area (Å²) in [6.07, 6.45) is 3.18. The lowest BCUT2D eigenvalue weighted by atomic mass is 9.77. The van der Waals surface area contributed by atoms with Crippen LogP contribution in [-0.2, 0) is 19.1 Å². The lowest BCUT2D eigenvalue weighted by Gasteiger charge is -2.33. The molecule has 0 aromatic rings. The number of nitrogens with zero attached hydrogens (tertiary/aromatic N) is 2. The number of hydrogen-bond acceptors (Lipinski definition) is 7. The van der Waals surface area contributed by atoms with Crippen molar-refractivity contribution in [2.24, 2.45) is 5.92 Å². The summed E-state index contributed by atoms with van der Waals surface area (Å²) in [5, 5.41) is 3.50. The highest BCUT2D eigenvalue weighted by Crippen LogP contribution is 2.35. The third-order valence-electron chi connectivity index (χ3n) is 6.10. The molecule has 12 heteroatoms. The van der Waals surface area contributed by atoms with E-state index < -0.39 is 41.4 Å². The van der Waals surface area contributed by atoms with Gasteiger partial charge in [-0.05, 0) is 57.9 Å². The van der Waals surface area contributed by atoms with Crippen molar-refractivity contribution in [1.82, 2.24) is 31.5 Å².